The van der Waals surface area contributed by atoms with Gasteiger partial charge in [-0.3, -0.25) is 9.69 Å². The molecule has 2 atom stereocenters. The maximum Gasteiger partial charge on any atom is 0.260 e. The zero-order valence-corrected chi connectivity index (χ0v) is 22.8. The van der Waals surface area contributed by atoms with E-state index in [1.165, 1.54) is 27.8 Å². The van der Waals surface area contributed by atoms with Gasteiger partial charge in [0.2, 0.25) is 16.8 Å². The van der Waals surface area contributed by atoms with Gasteiger partial charge in [0, 0.05) is 43.9 Å². The molecule has 37 heavy (non-hydrogen) atoms. The van der Waals surface area contributed by atoms with Crippen LogP contribution < -0.4 is 14.4 Å². The van der Waals surface area contributed by atoms with E-state index in [0.29, 0.717) is 48.4 Å². The van der Waals surface area contributed by atoms with Gasteiger partial charge in [0.1, 0.15) is 0 Å². The average Bonchev–Trinajstić information content (AvgIpc) is 3.47. The van der Waals surface area contributed by atoms with Crippen LogP contribution >= 0.6 is 11.3 Å². The van der Waals surface area contributed by atoms with Crippen LogP contribution in [-0.2, 0) is 14.8 Å². The van der Waals surface area contributed by atoms with Crippen LogP contribution in [0.5, 0.6) is 11.5 Å². The van der Waals surface area contributed by atoms with Crippen LogP contribution in [0.15, 0.2) is 41.3 Å². The number of hydrogen-bond donors (Lipinski definition) is 0. The number of hydrogen-bond acceptors (Lipinski definition) is 9. The van der Waals surface area contributed by atoms with E-state index in [-0.39, 0.29) is 29.8 Å². The van der Waals surface area contributed by atoms with E-state index >= 15 is 0 Å². The number of anilines is 1. The highest BCUT2D eigenvalue weighted by Gasteiger charge is 2.32. The van der Waals surface area contributed by atoms with Crippen LogP contribution in [0.4, 0.5) is 5.13 Å². The molecule has 2 aromatic carbocycles. The zero-order valence-electron chi connectivity index (χ0n) is 21.2. The van der Waals surface area contributed by atoms with Crippen molar-refractivity contribution in [3.63, 3.8) is 0 Å². The van der Waals surface area contributed by atoms with Gasteiger partial charge >= 0.3 is 0 Å². The third-order valence-corrected chi connectivity index (χ3v) is 9.13. The van der Waals surface area contributed by atoms with Gasteiger partial charge in [0.05, 0.1) is 27.3 Å². The summed E-state index contributed by atoms with van der Waals surface area (Å²) < 4.78 is 45.4. The van der Waals surface area contributed by atoms with Crippen molar-refractivity contribution in [2.24, 2.45) is 0 Å². The maximum atomic E-state index is 13.6. The first-order chi connectivity index (χ1) is 17.6. The van der Waals surface area contributed by atoms with Gasteiger partial charge in [-0.25, -0.2) is 13.4 Å². The molecule has 3 heterocycles. The molecular formula is C25H30N4O6S2. The number of benzene rings is 2. The highest BCUT2D eigenvalue weighted by atomic mass is 32.2. The summed E-state index contributed by atoms with van der Waals surface area (Å²) in [5.74, 6) is 1.05. The van der Waals surface area contributed by atoms with Gasteiger partial charge in [-0.15, -0.1) is 0 Å². The van der Waals surface area contributed by atoms with Gasteiger partial charge < -0.3 is 19.1 Å². The minimum Gasteiger partial charge on any atom is -0.454 e. The smallest absolute Gasteiger partial charge is 0.260 e. The molecule has 0 spiro atoms. The van der Waals surface area contributed by atoms with Crippen LogP contribution in [0.3, 0.4) is 0 Å². The summed E-state index contributed by atoms with van der Waals surface area (Å²) in [5.41, 5.74) is 1.11. The molecule has 0 radical (unpaired) electrons. The molecule has 0 unspecified atom stereocenters. The normalized spacial score (nSPS) is 20.0. The first-order valence-corrected chi connectivity index (χ1v) is 14.3. The van der Waals surface area contributed by atoms with Crippen molar-refractivity contribution in [3.05, 3.63) is 42.0 Å². The van der Waals surface area contributed by atoms with Crippen LogP contribution in [-0.4, -0.2) is 87.8 Å². The summed E-state index contributed by atoms with van der Waals surface area (Å²) in [6.07, 6.45) is -0.365. The molecule has 198 valence electrons. The van der Waals surface area contributed by atoms with Crippen molar-refractivity contribution in [1.29, 1.82) is 0 Å². The highest BCUT2D eigenvalue weighted by molar-refractivity contribution is 7.89. The molecule has 0 N–H and O–H groups in total. The molecule has 0 bridgehead atoms. The largest absolute Gasteiger partial charge is 0.454 e. The van der Waals surface area contributed by atoms with E-state index in [0.717, 1.165) is 10.2 Å². The van der Waals surface area contributed by atoms with Crippen molar-refractivity contribution < 1.29 is 27.4 Å². The molecule has 1 aromatic heterocycles. The van der Waals surface area contributed by atoms with Crippen molar-refractivity contribution in [1.82, 2.24) is 14.2 Å². The fourth-order valence-corrected chi connectivity index (χ4v) is 7.00. The maximum absolute atomic E-state index is 13.6. The summed E-state index contributed by atoms with van der Waals surface area (Å²) in [7, 11) is 0.176. The fraction of sp³-hybridized carbons (Fsp3) is 0.440. The lowest BCUT2D eigenvalue weighted by Gasteiger charge is -2.34. The van der Waals surface area contributed by atoms with E-state index in [9.17, 15) is 13.2 Å². The summed E-state index contributed by atoms with van der Waals surface area (Å²) in [5, 5.41) is 0.554. The number of thiazole rings is 1. The number of carbonyl (C=O) groups is 1. The molecule has 0 aliphatic carbocycles. The van der Waals surface area contributed by atoms with E-state index in [4.69, 9.17) is 19.2 Å². The predicted octanol–water partition coefficient (Wildman–Crippen LogP) is 3.03. The van der Waals surface area contributed by atoms with Crippen LogP contribution in [0.1, 0.15) is 24.2 Å². The van der Waals surface area contributed by atoms with E-state index in [1.807, 2.05) is 45.0 Å². The number of morpholine rings is 1. The number of sulfonamides is 1. The number of fused-ring (bicyclic) bond motifs is 2. The molecular weight excluding hydrogens is 516 g/mol. The summed E-state index contributed by atoms with van der Waals surface area (Å²) in [6.45, 7) is 5.54. The Hall–Kier alpha value is -2.77. The number of nitrogens with zero attached hydrogens (tertiary/aromatic N) is 4. The van der Waals surface area contributed by atoms with Crippen LogP contribution in [0.2, 0.25) is 0 Å². The second-order valence-corrected chi connectivity index (χ2v) is 12.5. The number of rotatable bonds is 7. The number of ether oxygens (including phenoxy) is 3. The Labute approximate surface area is 220 Å². The SMILES string of the molecule is C[C@@H]1CN(S(=O)(=O)c2ccc(C(=O)N(CCN(C)C)c3nc4cc5c(cc4s3)OCO5)cc2)C[C@H](C)O1. The molecule has 0 saturated carbocycles. The predicted molar refractivity (Wildman–Crippen MR) is 141 cm³/mol. The van der Waals surface area contributed by atoms with Crippen molar-refractivity contribution >= 4 is 42.6 Å². The Balaban J connectivity index is 1.41. The second kappa shape index (κ2) is 10.2. The first kappa shape index (κ1) is 25.9. The topological polar surface area (TPSA) is 102 Å². The first-order valence-electron chi connectivity index (χ1n) is 12.0. The molecule has 12 heteroatoms. The van der Waals surface area contributed by atoms with Gasteiger partial charge in [-0.2, -0.15) is 4.31 Å². The summed E-state index contributed by atoms with van der Waals surface area (Å²) in [6, 6.07) is 9.81. The molecule has 2 aliphatic rings. The standard InChI is InChI=1S/C25H30N4O6S2/c1-16-13-28(14-17(2)35-16)37(31,32)19-7-5-18(6-8-19)24(30)29(10-9-27(3)4)25-26-20-11-21-22(34-15-33-21)12-23(20)36-25/h5-8,11-12,16-17H,9-10,13-15H2,1-4H3/t16-,17+. The summed E-state index contributed by atoms with van der Waals surface area (Å²) >= 11 is 1.40. The molecule has 1 amide bonds. The highest BCUT2D eigenvalue weighted by Crippen LogP contribution is 2.40. The van der Waals surface area contributed by atoms with Crippen LogP contribution in [0, 0.1) is 0 Å². The van der Waals surface area contributed by atoms with E-state index in [1.54, 1.807) is 17.0 Å². The quantitative estimate of drug-likeness (QED) is 0.446. The zero-order chi connectivity index (χ0) is 26.3. The van der Waals surface area contributed by atoms with E-state index < -0.39 is 10.0 Å². The number of amides is 1. The second-order valence-electron chi connectivity index (χ2n) is 9.53. The monoisotopic (exact) mass is 546 g/mol. The molecule has 5 rings (SSSR count). The molecule has 1 saturated heterocycles. The Morgan fingerprint density at radius 2 is 1.70 bits per heavy atom. The molecule has 1 fully saturated rings. The van der Waals surface area contributed by atoms with E-state index in [2.05, 4.69) is 0 Å². The Kier molecular flexibility index (Phi) is 7.12. The Morgan fingerprint density at radius 3 is 2.35 bits per heavy atom. The minimum absolute atomic E-state index is 0.152. The summed E-state index contributed by atoms with van der Waals surface area (Å²) in [4.78, 5) is 22.1. The number of carbonyl (C=O) groups excluding carboxylic acids is 1. The number of aromatic nitrogens is 1. The van der Waals surface area contributed by atoms with Crippen molar-refractivity contribution in [2.75, 3.05) is 52.0 Å². The molecule has 10 nitrogen and oxygen atoms in total. The van der Waals surface area contributed by atoms with Crippen molar-refractivity contribution in [2.45, 2.75) is 31.0 Å². The third-order valence-electron chi connectivity index (χ3n) is 6.24. The Morgan fingerprint density at radius 1 is 1.05 bits per heavy atom. The van der Waals surface area contributed by atoms with Crippen LogP contribution in [0.25, 0.3) is 10.2 Å². The van der Waals surface area contributed by atoms with Gasteiger partial charge in [0.25, 0.3) is 5.91 Å². The molecule has 2 aliphatic heterocycles. The fourth-order valence-electron chi connectivity index (χ4n) is 4.41. The van der Waals surface area contributed by atoms with Gasteiger partial charge in [-0.1, -0.05) is 11.3 Å². The third kappa shape index (κ3) is 5.30. The lowest BCUT2D eigenvalue weighted by Crippen LogP contribution is -2.48. The lowest BCUT2D eigenvalue weighted by molar-refractivity contribution is -0.0440. The number of likely N-dealkylation sites (N-methyl/N-ethyl adjacent to an activating group) is 1. The minimum atomic E-state index is -3.70. The average molecular weight is 547 g/mol. The van der Waals surface area contributed by atoms with Gasteiger partial charge in [0.15, 0.2) is 16.6 Å². The van der Waals surface area contributed by atoms with Crippen molar-refractivity contribution in [3.8, 4) is 11.5 Å². The Bertz CT molecular complexity index is 1360. The lowest BCUT2D eigenvalue weighted by atomic mass is 10.2. The van der Waals surface area contributed by atoms with Gasteiger partial charge in [-0.05, 0) is 52.2 Å². The molecule has 3 aromatic rings.